The van der Waals surface area contributed by atoms with Crippen LogP contribution in [0.5, 0.6) is 0 Å². The average molecular weight is 310 g/mol. The highest BCUT2D eigenvalue weighted by Gasteiger charge is 2.30. The Hall–Kier alpha value is -1.34. The van der Waals surface area contributed by atoms with Gasteiger partial charge in [-0.3, -0.25) is 0 Å². The van der Waals surface area contributed by atoms with E-state index in [1.165, 1.54) is 12.8 Å². The molecule has 2 heterocycles. The third-order valence-electron chi connectivity index (χ3n) is 2.83. The second-order valence-corrected chi connectivity index (χ2v) is 5.53. The molecular weight excluding hydrogens is 296 g/mol. The average Bonchev–Trinajstić information content (AvgIpc) is 3.09. The molecule has 0 saturated heterocycles. The van der Waals surface area contributed by atoms with E-state index in [0.29, 0.717) is 11.9 Å². The Morgan fingerprint density at radius 1 is 1.39 bits per heavy atom. The summed E-state index contributed by atoms with van der Waals surface area (Å²) >= 11 is 3.32. The maximum absolute atomic E-state index is 4.57. The first-order valence-electron chi connectivity index (χ1n) is 5.93. The second-order valence-electron chi connectivity index (χ2n) is 4.62. The third-order valence-corrected chi connectivity index (χ3v) is 3.24. The summed E-state index contributed by atoms with van der Waals surface area (Å²) in [6.07, 6.45) is 5.77. The van der Waals surface area contributed by atoms with Crippen LogP contribution in [0.25, 0.3) is 5.95 Å². The van der Waals surface area contributed by atoms with Crippen LogP contribution in [0.2, 0.25) is 0 Å². The zero-order chi connectivity index (χ0) is 12.7. The van der Waals surface area contributed by atoms with E-state index in [1.54, 1.807) is 17.1 Å². The van der Waals surface area contributed by atoms with Gasteiger partial charge in [0.2, 0.25) is 0 Å². The number of nitrogens with zero attached hydrogens (tertiary/aromatic N) is 5. The van der Waals surface area contributed by atoms with Crippen LogP contribution >= 0.6 is 15.9 Å². The molecule has 6 nitrogen and oxygen atoms in total. The summed E-state index contributed by atoms with van der Waals surface area (Å²) in [7, 11) is 0. The molecule has 1 atom stereocenters. The summed E-state index contributed by atoms with van der Waals surface area (Å²) in [6.45, 7) is 2.00. The van der Waals surface area contributed by atoms with Crippen LogP contribution < -0.4 is 5.73 Å². The van der Waals surface area contributed by atoms with Crippen LogP contribution in [0, 0.1) is 0 Å². The van der Waals surface area contributed by atoms with Crippen molar-refractivity contribution in [3.8, 4) is 5.95 Å². The van der Waals surface area contributed by atoms with Gasteiger partial charge in [0.15, 0.2) is 11.6 Å². The summed E-state index contributed by atoms with van der Waals surface area (Å²) in [5, 5.41) is 4.52. The van der Waals surface area contributed by atoms with Gasteiger partial charge in [0, 0.05) is 18.3 Å². The predicted octanol–water partition coefficient (Wildman–Crippen LogP) is 1.00. The molecule has 0 aliphatic heterocycles. The highest BCUT2D eigenvalue weighted by atomic mass is 79.9. The maximum Gasteiger partial charge on any atom is 0.252 e. The van der Waals surface area contributed by atoms with Crippen molar-refractivity contribution in [2.24, 2.45) is 0 Å². The van der Waals surface area contributed by atoms with Crippen LogP contribution in [0.15, 0.2) is 16.9 Å². The summed E-state index contributed by atoms with van der Waals surface area (Å²) in [6, 6.07) is 0.0530. The van der Waals surface area contributed by atoms with Crippen molar-refractivity contribution in [2.45, 2.75) is 31.7 Å². The molecule has 1 aliphatic rings. The number of halogens is 1. The SMILES string of the molecule is C[C@H]([NH3+])c1nc(C2CC2)nn1-c1ncc(Br)cn1. The lowest BCUT2D eigenvalue weighted by Crippen LogP contribution is -2.52. The smallest absolute Gasteiger partial charge is 0.252 e. The second kappa shape index (κ2) is 4.40. The fraction of sp³-hybridized carbons (Fsp3) is 0.455. The van der Waals surface area contributed by atoms with E-state index < -0.39 is 0 Å². The summed E-state index contributed by atoms with van der Waals surface area (Å²) < 4.78 is 2.55. The molecule has 3 rings (SSSR count). The lowest BCUT2D eigenvalue weighted by molar-refractivity contribution is -0.422. The Balaban J connectivity index is 2.05. The minimum Gasteiger partial charge on any atom is -0.349 e. The fourth-order valence-electron chi connectivity index (χ4n) is 1.74. The minimum absolute atomic E-state index is 0.0530. The summed E-state index contributed by atoms with van der Waals surface area (Å²) in [4.78, 5) is 13.1. The van der Waals surface area contributed by atoms with E-state index in [-0.39, 0.29) is 6.04 Å². The zero-order valence-corrected chi connectivity index (χ0v) is 11.6. The third kappa shape index (κ3) is 2.15. The summed E-state index contributed by atoms with van der Waals surface area (Å²) in [5.74, 6) is 2.77. The number of aromatic nitrogens is 5. The van der Waals surface area contributed by atoms with Crippen molar-refractivity contribution < 1.29 is 5.73 Å². The highest BCUT2D eigenvalue weighted by molar-refractivity contribution is 9.10. The standard InChI is InChI=1S/C11H13BrN6/c1-6(13)10-16-9(7-2-3-7)17-18(10)11-14-4-8(12)5-15-11/h4-7H,2-3,13H2,1H3/p+1/t6-/m0/s1. The van der Waals surface area contributed by atoms with Gasteiger partial charge in [-0.05, 0) is 35.7 Å². The molecule has 0 amide bonds. The molecular formula is C11H14BrN6+. The molecule has 1 aliphatic carbocycles. The minimum atomic E-state index is 0.0530. The van der Waals surface area contributed by atoms with E-state index in [4.69, 9.17) is 0 Å². The topological polar surface area (TPSA) is 84.1 Å². The summed E-state index contributed by atoms with van der Waals surface area (Å²) in [5.41, 5.74) is 4.02. The Morgan fingerprint density at radius 2 is 2.06 bits per heavy atom. The van der Waals surface area contributed by atoms with E-state index in [2.05, 4.69) is 41.7 Å². The van der Waals surface area contributed by atoms with Gasteiger partial charge in [0.1, 0.15) is 6.04 Å². The molecule has 94 valence electrons. The lowest BCUT2D eigenvalue weighted by atomic mass is 10.3. The first-order valence-corrected chi connectivity index (χ1v) is 6.72. The number of quaternary nitrogens is 1. The number of rotatable bonds is 3. The van der Waals surface area contributed by atoms with Gasteiger partial charge < -0.3 is 5.73 Å². The molecule has 0 radical (unpaired) electrons. The van der Waals surface area contributed by atoms with Gasteiger partial charge in [0.05, 0.1) is 4.47 Å². The number of hydrogen-bond donors (Lipinski definition) is 1. The van der Waals surface area contributed by atoms with Crippen molar-refractivity contribution >= 4 is 15.9 Å². The van der Waals surface area contributed by atoms with Gasteiger partial charge in [-0.2, -0.15) is 4.68 Å². The van der Waals surface area contributed by atoms with Gasteiger partial charge in [-0.15, -0.1) is 5.10 Å². The van der Waals surface area contributed by atoms with Crippen molar-refractivity contribution in [1.29, 1.82) is 0 Å². The van der Waals surface area contributed by atoms with Crippen molar-refractivity contribution in [1.82, 2.24) is 24.7 Å². The van der Waals surface area contributed by atoms with E-state index >= 15 is 0 Å². The Morgan fingerprint density at radius 3 is 2.61 bits per heavy atom. The molecule has 2 aromatic rings. The molecule has 3 N–H and O–H groups in total. The Bertz CT molecular complexity index is 557. The number of hydrogen-bond acceptors (Lipinski definition) is 4. The molecule has 7 heteroatoms. The molecule has 0 spiro atoms. The zero-order valence-electron chi connectivity index (χ0n) is 10.0. The van der Waals surface area contributed by atoms with Gasteiger partial charge in [-0.1, -0.05) is 0 Å². The molecule has 0 aromatic carbocycles. The van der Waals surface area contributed by atoms with E-state index in [9.17, 15) is 0 Å². The van der Waals surface area contributed by atoms with Crippen molar-refractivity contribution in [2.75, 3.05) is 0 Å². The fourth-order valence-corrected chi connectivity index (χ4v) is 1.94. The van der Waals surface area contributed by atoms with E-state index in [1.807, 2.05) is 6.92 Å². The van der Waals surface area contributed by atoms with Crippen LogP contribution in [0.1, 0.15) is 43.4 Å². The normalized spacial score (nSPS) is 16.8. The monoisotopic (exact) mass is 309 g/mol. The van der Waals surface area contributed by atoms with Crippen LogP contribution in [-0.2, 0) is 0 Å². The van der Waals surface area contributed by atoms with Gasteiger partial charge >= 0.3 is 0 Å². The predicted molar refractivity (Wildman–Crippen MR) is 67.9 cm³/mol. The molecule has 2 aromatic heterocycles. The van der Waals surface area contributed by atoms with Crippen LogP contribution in [0.4, 0.5) is 0 Å². The van der Waals surface area contributed by atoms with Gasteiger partial charge in [-0.25, -0.2) is 15.0 Å². The quantitative estimate of drug-likeness (QED) is 0.916. The Kier molecular flexibility index (Phi) is 2.87. The lowest BCUT2D eigenvalue weighted by Gasteiger charge is -2.03. The van der Waals surface area contributed by atoms with Crippen molar-refractivity contribution in [3.05, 3.63) is 28.5 Å². The van der Waals surface area contributed by atoms with Gasteiger partial charge in [0.25, 0.3) is 5.95 Å². The first-order chi connectivity index (χ1) is 8.65. The largest absolute Gasteiger partial charge is 0.349 e. The molecule has 1 saturated carbocycles. The first kappa shape index (κ1) is 11.7. The molecule has 18 heavy (non-hydrogen) atoms. The van der Waals surface area contributed by atoms with Crippen LogP contribution in [-0.4, -0.2) is 24.7 Å². The van der Waals surface area contributed by atoms with E-state index in [0.717, 1.165) is 16.1 Å². The Labute approximate surface area is 113 Å². The highest BCUT2D eigenvalue weighted by Crippen LogP contribution is 2.38. The molecule has 1 fully saturated rings. The van der Waals surface area contributed by atoms with Crippen LogP contribution in [0.3, 0.4) is 0 Å². The molecule has 0 bridgehead atoms. The molecule has 0 unspecified atom stereocenters. The maximum atomic E-state index is 4.57. The van der Waals surface area contributed by atoms with Crippen molar-refractivity contribution in [3.63, 3.8) is 0 Å².